The summed E-state index contributed by atoms with van der Waals surface area (Å²) in [7, 11) is 0. The summed E-state index contributed by atoms with van der Waals surface area (Å²) in [5, 5.41) is 3.24. The van der Waals surface area contributed by atoms with E-state index in [2.05, 4.69) is 5.32 Å². The zero-order valence-electron chi connectivity index (χ0n) is 7.25. The van der Waals surface area contributed by atoms with Crippen LogP contribution in [0.1, 0.15) is 19.3 Å². The van der Waals surface area contributed by atoms with E-state index in [1.807, 2.05) is 0 Å². The van der Waals surface area contributed by atoms with E-state index in [1.54, 1.807) is 0 Å². The van der Waals surface area contributed by atoms with Gasteiger partial charge in [0.1, 0.15) is 0 Å². The molecule has 0 radical (unpaired) electrons. The van der Waals surface area contributed by atoms with Crippen LogP contribution in [-0.2, 0) is 4.79 Å². The fourth-order valence-corrected chi connectivity index (χ4v) is 1.14. The number of amides is 1. The topological polar surface area (TPSA) is 81.1 Å². The summed E-state index contributed by atoms with van der Waals surface area (Å²) in [6.07, 6.45) is 2.96. The van der Waals surface area contributed by atoms with Crippen molar-refractivity contribution in [2.75, 3.05) is 13.1 Å². The molecular weight excluding hydrogens is 154 g/mol. The maximum absolute atomic E-state index is 10.6. The fourth-order valence-electron chi connectivity index (χ4n) is 1.14. The van der Waals surface area contributed by atoms with Crippen molar-refractivity contribution >= 4 is 5.91 Å². The molecule has 0 heterocycles. The highest BCUT2D eigenvalue weighted by Gasteiger charge is 2.22. The Kier molecular flexibility index (Phi) is 3.49. The summed E-state index contributed by atoms with van der Waals surface area (Å²) in [5.41, 5.74) is 10.5. The van der Waals surface area contributed by atoms with Crippen LogP contribution in [0.15, 0.2) is 0 Å². The van der Waals surface area contributed by atoms with E-state index < -0.39 is 0 Å². The van der Waals surface area contributed by atoms with E-state index in [4.69, 9.17) is 11.5 Å². The first-order chi connectivity index (χ1) is 5.72. The minimum atomic E-state index is -0.284. The molecule has 0 aromatic rings. The molecular formula is C8H17N3O. The lowest BCUT2D eigenvalue weighted by Gasteiger charge is -2.14. The molecule has 4 nitrogen and oxygen atoms in total. The maximum atomic E-state index is 10.6. The van der Waals surface area contributed by atoms with Crippen LogP contribution < -0.4 is 16.8 Å². The van der Waals surface area contributed by atoms with Crippen LogP contribution in [0.5, 0.6) is 0 Å². The monoisotopic (exact) mass is 171 g/mol. The molecule has 4 heteroatoms. The standard InChI is InChI=1S/C8H17N3O/c9-4-7(3-8(10)12)11-5-6-1-2-6/h6-7,11H,1-5,9H2,(H2,10,12). The van der Waals surface area contributed by atoms with Crippen LogP contribution in [0.2, 0.25) is 0 Å². The highest BCUT2D eigenvalue weighted by atomic mass is 16.1. The van der Waals surface area contributed by atoms with E-state index in [1.165, 1.54) is 12.8 Å². The van der Waals surface area contributed by atoms with Crippen molar-refractivity contribution in [3.8, 4) is 0 Å². The SMILES string of the molecule is NCC(CC(N)=O)NCC1CC1. The minimum Gasteiger partial charge on any atom is -0.370 e. The Morgan fingerprint density at radius 1 is 1.58 bits per heavy atom. The van der Waals surface area contributed by atoms with Gasteiger partial charge < -0.3 is 16.8 Å². The molecule has 0 saturated heterocycles. The molecule has 0 aromatic heterocycles. The molecule has 1 aliphatic carbocycles. The molecule has 1 amide bonds. The quantitative estimate of drug-likeness (QED) is 0.489. The maximum Gasteiger partial charge on any atom is 0.219 e. The average Bonchev–Trinajstić information content (AvgIpc) is 2.80. The zero-order chi connectivity index (χ0) is 8.97. The zero-order valence-corrected chi connectivity index (χ0v) is 7.25. The molecule has 1 saturated carbocycles. The van der Waals surface area contributed by atoms with Crippen LogP contribution >= 0.6 is 0 Å². The molecule has 12 heavy (non-hydrogen) atoms. The van der Waals surface area contributed by atoms with Gasteiger partial charge in [-0.25, -0.2) is 0 Å². The lowest BCUT2D eigenvalue weighted by Crippen LogP contribution is -2.40. The first kappa shape index (κ1) is 9.48. The summed E-state index contributed by atoms with van der Waals surface area (Å²) in [6, 6.07) is 0.0723. The smallest absolute Gasteiger partial charge is 0.219 e. The Bertz CT molecular complexity index is 156. The Hall–Kier alpha value is -0.610. The van der Waals surface area contributed by atoms with Gasteiger partial charge in [0, 0.05) is 19.0 Å². The number of nitrogens with one attached hydrogen (secondary N) is 1. The van der Waals surface area contributed by atoms with Crippen molar-refractivity contribution in [3.05, 3.63) is 0 Å². The normalized spacial score (nSPS) is 19.1. The van der Waals surface area contributed by atoms with Gasteiger partial charge in [-0.1, -0.05) is 0 Å². The highest BCUT2D eigenvalue weighted by Crippen LogP contribution is 2.27. The second kappa shape index (κ2) is 4.42. The number of nitrogens with two attached hydrogens (primary N) is 2. The molecule has 0 spiro atoms. The fraction of sp³-hybridized carbons (Fsp3) is 0.875. The summed E-state index contributed by atoms with van der Waals surface area (Å²) in [6.45, 7) is 1.46. The van der Waals surface area contributed by atoms with Gasteiger partial charge in [-0.05, 0) is 25.3 Å². The average molecular weight is 171 g/mol. The third-order valence-electron chi connectivity index (χ3n) is 2.12. The molecule has 0 aliphatic heterocycles. The second-order valence-electron chi connectivity index (χ2n) is 3.45. The van der Waals surface area contributed by atoms with E-state index in [0.717, 1.165) is 12.5 Å². The Morgan fingerprint density at radius 2 is 2.25 bits per heavy atom. The summed E-state index contributed by atoms with van der Waals surface area (Å²) in [4.78, 5) is 10.6. The molecule has 70 valence electrons. The second-order valence-corrected chi connectivity index (χ2v) is 3.45. The molecule has 1 rings (SSSR count). The van der Waals surface area contributed by atoms with Crippen molar-refractivity contribution in [3.63, 3.8) is 0 Å². The Morgan fingerprint density at radius 3 is 2.67 bits per heavy atom. The number of hydrogen-bond acceptors (Lipinski definition) is 3. The van der Waals surface area contributed by atoms with Crippen molar-refractivity contribution in [1.82, 2.24) is 5.32 Å². The molecule has 0 aromatic carbocycles. The molecule has 5 N–H and O–H groups in total. The molecule has 1 aliphatic rings. The van der Waals surface area contributed by atoms with Crippen molar-refractivity contribution < 1.29 is 4.79 Å². The van der Waals surface area contributed by atoms with Crippen LogP contribution in [0.25, 0.3) is 0 Å². The lowest BCUT2D eigenvalue weighted by molar-refractivity contribution is -0.118. The van der Waals surface area contributed by atoms with E-state index in [0.29, 0.717) is 13.0 Å². The number of carbonyl (C=O) groups is 1. The molecule has 1 atom stereocenters. The molecule has 1 fully saturated rings. The van der Waals surface area contributed by atoms with Gasteiger partial charge in [0.2, 0.25) is 5.91 Å². The van der Waals surface area contributed by atoms with Gasteiger partial charge in [0.05, 0.1) is 0 Å². The van der Waals surface area contributed by atoms with Gasteiger partial charge >= 0.3 is 0 Å². The van der Waals surface area contributed by atoms with Gasteiger partial charge in [0.25, 0.3) is 0 Å². The van der Waals surface area contributed by atoms with Crippen LogP contribution in [-0.4, -0.2) is 25.0 Å². The lowest BCUT2D eigenvalue weighted by atomic mass is 10.2. The molecule has 1 unspecified atom stereocenters. The van der Waals surface area contributed by atoms with E-state index in [9.17, 15) is 4.79 Å². The summed E-state index contributed by atoms with van der Waals surface area (Å²) in [5.74, 6) is 0.528. The predicted octanol–water partition coefficient (Wildman–Crippen LogP) is -0.811. The van der Waals surface area contributed by atoms with Crippen LogP contribution in [0.3, 0.4) is 0 Å². The first-order valence-corrected chi connectivity index (χ1v) is 4.44. The number of primary amides is 1. The van der Waals surface area contributed by atoms with Gasteiger partial charge in [-0.3, -0.25) is 4.79 Å². The van der Waals surface area contributed by atoms with E-state index >= 15 is 0 Å². The van der Waals surface area contributed by atoms with Crippen molar-refractivity contribution in [2.45, 2.75) is 25.3 Å². The van der Waals surface area contributed by atoms with Crippen LogP contribution in [0, 0.1) is 5.92 Å². The third-order valence-corrected chi connectivity index (χ3v) is 2.12. The Labute approximate surface area is 72.7 Å². The van der Waals surface area contributed by atoms with Gasteiger partial charge in [-0.2, -0.15) is 0 Å². The Balaban J connectivity index is 2.10. The summed E-state index contributed by atoms with van der Waals surface area (Å²) < 4.78 is 0. The van der Waals surface area contributed by atoms with Gasteiger partial charge in [-0.15, -0.1) is 0 Å². The number of rotatable bonds is 6. The molecule has 0 bridgehead atoms. The predicted molar refractivity (Wildman–Crippen MR) is 47.4 cm³/mol. The third kappa shape index (κ3) is 3.69. The van der Waals surface area contributed by atoms with Crippen LogP contribution in [0.4, 0.5) is 0 Å². The van der Waals surface area contributed by atoms with Crippen molar-refractivity contribution in [2.24, 2.45) is 17.4 Å². The summed E-state index contributed by atoms with van der Waals surface area (Å²) >= 11 is 0. The highest BCUT2D eigenvalue weighted by molar-refractivity contribution is 5.74. The van der Waals surface area contributed by atoms with E-state index in [-0.39, 0.29) is 11.9 Å². The largest absolute Gasteiger partial charge is 0.370 e. The van der Waals surface area contributed by atoms with Crippen molar-refractivity contribution in [1.29, 1.82) is 0 Å². The number of carbonyl (C=O) groups excluding carboxylic acids is 1. The first-order valence-electron chi connectivity index (χ1n) is 4.44. The van der Waals surface area contributed by atoms with Gasteiger partial charge in [0.15, 0.2) is 0 Å². The minimum absolute atomic E-state index is 0.0723. The number of hydrogen-bond donors (Lipinski definition) is 3.